The van der Waals surface area contributed by atoms with Crippen molar-refractivity contribution < 1.29 is 0 Å². The zero-order valence-corrected chi connectivity index (χ0v) is 16.1. The number of pyridine rings is 1. The SMILES string of the molecule is Cc1cn(C)nc1Nc1cc2c(c(N)n1)c(C#N)c(N1CCC[C@H]1C)n2C. The summed E-state index contributed by atoms with van der Waals surface area (Å²) in [6.07, 6.45) is 4.20. The summed E-state index contributed by atoms with van der Waals surface area (Å²) in [4.78, 5) is 6.79. The topological polar surface area (TPSA) is 101 Å². The van der Waals surface area contributed by atoms with Crippen LogP contribution in [0.5, 0.6) is 0 Å². The molecule has 0 radical (unpaired) electrons. The number of hydrogen-bond acceptors (Lipinski definition) is 6. The van der Waals surface area contributed by atoms with Crippen LogP contribution in [0.15, 0.2) is 12.3 Å². The van der Waals surface area contributed by atoms with Gasteiger partial charge < -0.3 is 20.5 Å². The molecule has 0 saturated carbocycles. The number of rotatable bonds is 3. The summed E-state index contributed by atoms with van der Waals surface area (Å²) in [5, 5.41) is 18.2. The van der Waals surface area contributed by atoms with Crippen LogP contribution < -0.4 is 16.0 Å². The van der Waals surface area contributed by atoms with Gasteiger partial charge in [-0.05, 0) is 26.7 Å². The molecule has 4 rings (SSSR count). The first-order valence-corrected chi connectivity index (χ1v) is 9.13. The highest BCUT2D eigenvalue weighted by atomic mass is 15.3. The van der Waals surface area contributed by atoms with E-state index < -0.39 is 0 Å². The summed E-state index contributed by atoms with van der Waals surface area (Å²) in [5.74, 6) is 2.64. The van der Waals surface area contributed by atoms with Gasteiger partial charge in [0.05, 0.1) is 10.9 Å². The minimum atomic E-state index is 0.355. The molecule has 8 heteroatoms. The Hall–Kier alpha value is -3.21. The lowest BCUT2D eigenvalue weighted by atomic mass is 10.2. The van der Waals surface area contributed by atoms with Gasteiger partial charge in [-0.3, -0.25) is 4.68 Å². The van der Waals surface area contributed by atoms with E-state index in [1.165, 1.54) is 0 Å². The monoisotopic (exact) mass is 364 g/mol. The Labute approximate surface area is 158 Å². The fraction of sp³-hybridized carbons (Fsp3) is 0.421. The molecule has 3 aromatic heterocycles. The molecule has 1 fully saturated rings. The average Bonchev–Trinajstić information content (AvgIpc) is 3.25. The Bertz CT molecular complexity index is 1070. The van der Waals surface area contributed by atoms with E-state index in [0.29, 0.717) is 23.2 Å². The molecule has 1 aliphatic rings. The van der Waals surface area contributed by atoms with Crippen LogP contribution in [0.1, 0.15) is 30.9 Å². The molecule has 0 bridgehead atoms. The van der Waals surface area contributed by atoms with Crippen molar-refractivity contribution in [1.82, 2.24) is 19.3 Å². The van der Waals surface area contributed by atoms with Crippen molar-refractivity contribution in [1.29, 1.82) is 5.26 Å². The predicted molar refractivity (Wildman–Crippen MR) is 107 cm³/mol. The normalized spacial score (nSPS) is 16.9. The summed E-state index contributed by atoms with van der Waals surface area (Å²) in [5.41, 5.74) is 8.80. The first-order chi connectivity index (χ1) is 12.9. The molecule has 1 saturated heterocycles. The molecular formula is C19H24N8. The van der Waals surface area contributed by atoms with Crippen LogP contribution in [-0.2, 0) is 14.1 Å². The third-order valence-corrected chi connectivity index (χ3v) is 5.37. The van der Waals surface area contributed by atoms with Gasteiger partial charge in [-0.1, -0.05) is 0 Å². The molecule has 3 aromatic rings. The minimum absolute atomic E-state index is 0.355. The average molecular weight is 364 g/mol. The lowest BCUT2D eigenvalue weighted by Crippen LogP contribution is -2.28. The van der Waals surface area contributed by atoms with Crippen molar-refractivity contribution in [3.8, 4) is 6.07 Å². The second-order valence-electron chi connectivity index (χ2n) is 7.30. The fourth-order valence-electron chi connectivity index (χ4n) is 4.07. The molecule has 27 heavy (non-hydrogen) atoms. The first-order valence-electron chi connectivity index (χ1n) is 9.13. The fourth-order valence-corrected chi connectivity index (χ4v) is 4.07. The lowest BCUT2D eigenvalue weighted by Gasteiger charge is -2.24. The standard InChI is InChI=1S/C19H24N8/c1-11-10-25(3)24-18(11)23-15-8-14-16(17(21)22-15)13(9-20)19(26(14)4)27-7-5-6-12(27)2/h8,10,12H,5-7H2,1-4H3,(H3,21,22,23,24)/t12-/m1/s1. The molecule has 4 heterocycles. The van der Waals surface area contributed by atoms with Gasteiger partial charge >= 0.3 is 0 Å². The number of nitrogens with two attached hydrogens (primary N) is 1. The first kappa shape index (κ1) is 17.2. The minimum Gasteiger partial charge on any atom is -0.383 e. The van der Waals surface area contributed by atoms with Crippen LogP contribution in [0.3, 0.4) is 0 Å². The maximum atomic E-state index is 9.84. The van der Waals surface area contributed by atoms with Crippen LogP contribution in [-0.4, -0.2) is 31.9 Å². The molecule has 1 atom stereocenters. The number of nitrogens with one attached hydrogen (secondary N) is 1. The van der Waals surface area contributed by atoms with E-state index in [1.807, 2.05) is 33.3 Å². The van der Waals surface area contributed by atoms with E-state index in [9.17, 15) is 5.26 Å². The Balaban J connectivity index is 1.86. The van der Waals surface area contributed by atoms with Gasteiger partial charge in [-0.2, -0.15) is 10.4 Å². The molecule has 0 unspecified atom stereocenters. The number of aromatic nitrogens is 4. The molecule has 0 aliphatic carbocycles. The van der Waals surface area contributed by atoms with Crippen LogP contribution in [0, 0.1) is 18.3 Å². The zero-order chi connectivity index (χ0) is 19.3. The van der Waals surface area contributed by atoms with Crippen molar-refractivity contribution >= 4 is 34.2 Å². The summed E-state index contributed by atoms with van der Waals surface area (Å²) in [7, 11) is 3.86. The van der Waals surface area contributed by atoms with E-state index in [1.54, 1.807) is 4.68 Å². The zero-order valence-electron chi connectivity index (χ0n) is 16.1. The molecule has 0 aromatic carbocycles. The molecule has 1 aliphatic heterocycles. The maximum Gasteiger partial charge on any atom is 0.156 e. The highest BCUT2D eigenvalue weighted by Crippen LogP contribution is 2.38. The highest BCUT2D eigenvalue weighted by molar-refractivity contribution is 6.01. The van der Waals surface area contributed by atoms with Gasteiger partial charge in [-0.15, -0.1) is 0 Å². The van der Waals surface area contributed by atoms with E-state index in [4.69, 9.17) is 5.73 Å². The van der Waals surface area contributed by atoms with Crippen LogP contribution in [0.25, 0.3) is 10.9 Å². The summed E-state index contributed by atoms with van der Waals surface area (Å²) >= 11 is 0. The van der Waals surface area contributed by atoms with Crippen LogP contribution in [0.2, 0.25) is 0 Å². The number of fused-ring (bicyclic) bond motifs is 1. The molecule has 3 N–H and O–H groups in total. The van der Waals surface area contributed by atoms with E-state index in [0.717, 1.165) is 47.5 Å². The van der Waals surface area contributed by atoms with Gasteiger partial charge in [0.15, 0.2) is 5.82 Å². The number of nitriles is 1. The Morgan fingerprint density at radius 2 is 2.15 bits per heavy atom. The third-order valence-electron chi connectivity index (χ3n) is 5.37. The predicted octanol–water partition coefficient (Wildman–Crippen LogP) is 2.80. The van der Waals surface area contributed by atoms with Gasteiger partial charge in [0.25, 0.3) is 0 Å². The highest BCUT2D eigenvalue weighted by Gasteiger charge is 2.29. The van der Waals surface area contributed by atoms with E-state index >= 15 is 0 Å². The summed E-state index contributed by atoms with van der Waals surface area (Å²) in [6.45, 7) is 5.14. The van der Waals surface area contributed by atoms with E-state index in [-0.39, 0.29) is 0 Å². The second-order valence-corrected chi connectivity index (χ2v) is 7.30. The van der Waals surface area contributed by atoms with Gasteiger partial charge in [0, 0.05) is 44.5 Å². The Morgan fingerprint density at radius 1 is 1.37 bits per heavy atom. The number of nitrogens with zero attached hydrogens (tertiary/aromatic N) is 6. The summed E-state index contributed by atoms with van der Waals surface area (Å²) in [6, 6.07) is 4.70. The van der Waals surface area contributed by atoms with Crippen molar-refractivity contribution in [3.05, 3.63) is 23.4 Å². The van der Waals surface area contributed by atoms with Crippen LogP contribution >= 0.6 is 0 Å². The molecular weight excluding hydrogens is 340 g/mol. The molecule has 0 amide bonds. The molecule has 8 nitrogen and oxygen atoms in total. The van der Waals surface area contributed by atoms with Gasteiger partial charge in [-0.25, -0.2) is 4.98 Å². The van der Waals surface area contributed by atoms with Crippen molar-refractivity contribution in [2.45, 2.75) is 32.7 Å². The van der Waals surface area contributed by atoms with Crippen LogP contribution in [0.4, 0.5) is 23.3 Å². The van der Waals surface area contributed by atoms with Gasteiger partial charge in [0.2, 0.25) is 0 Å². The number of aryl methyl sites for hydroxylation is 3. The smallest absolute Gasteiger partial charge is 0.156 e. The summed E-state index contributed by atoms with van der Waals surface area (Å²) < 4.78 is 3.81. The number of nitrogen functional groups attached to an aromatic ring is 1. The number of hydrogen-bond donors (Lipinski definition) is 2. The quantitative estimate of drug-likeness (QED) is 0.741. The van der Waals surface area contributed by atoms with E-state index in [2.05, 4.69) is 37.9 Å². The second kappa shape index (κ2) is 6.20. The maximum absolute atomic E-state index is 9.84. The van der Waals surface area contributed by atoms with Gasteiger partial charge in [0.1, 0.15) is 29.1 Å². The third kappa shape index (κ3) is 2.67. The van der Waals surface area contributed by atoms with Crippen molar-refractivity contribution in [2.75, 3.05) is 22.5 Å². The van der Waals surface area contributed by atoms with Crippen molar-refractivity contribution in [3.63, 3.8) is 0 Å². The Morgan fingerprint density at radius 3 is 2.74 bits per heavy atom. The largest absolute Gasteiger partial charge is 0.383 e. The van der Waals surface area contributed by atoms with Crippen molar-refractivity contribution in [2.24, 2.45) is 14.1 Å². The molecule has 140 valence electrons. The number of anilines is 4. The lowest BCUT2D eigenvalue weighted by molar-refractivity contribution is 0.713. The molecule has 0 spiro atoms. The Kier molecular flexibility index (Phi) is 3.95.